The quantitative estimate of drug-likeness (QED) is 0.738. The van der Waals surface area contributed by atoms with Gasteiger partial charge < -0.3 is 15.0 Å². The van der Waals surface area contributed by atoms with Crippen LogP contribution in [0.1, 0.15) is 32.6 Å². The minimum Gasteiger partial charge on any atom is -0.396 e. The first-order chi connectivity index (χ1) is 13.9. The molecule has 0 aromatic carbocycles. The third-order valence-corrected chi connectivity index (χ3v) is 8.82. The molecule has 4 rings (SSSR count). The number of rotatable bonds is 6. The zero-order chi connectivity index (χ0) is 20.6. The number of anilines is 1. The molecular weight excluding hydrogens is 390 g/mol. The van der Waals surface area contributed by atoms with Gasteiger partial charge in [-0.25, -0.2) is 22.7 Å². The highest BCUT2D eigenvalue weighted by Gasteiger charge is 2.37. The first-order valence-electron chi connectivity index (χ1n) is 10.5. The molecule has 8 nitrogen and oxygen atoms in total. The second-order valence-corrected chi connectivity index (χ2v) is 10.8. The van der Waals surface area contributed by atoms with Crippen LogP contribution >= 0.6 is 0 Å². The molecule has 2 N–H and O–H groups in total. The third-order valence-electron chi connectivity index (χ3n) is 6.84. The van der Waals surface area contributed by atoms with E-state index in [0.29, 0.717) is 19.1 Å². The molecule has 2 aromatic heterocycles. The standard InChI is InChI=1S/C20H31N5O3S/c1-14-9-25(10-16(14)11-26)29(27,28)12-15-3-5-17(6-4-15)24(2)20-18-7-8-21-19(18)22-13-23-20/h7-8,13-17,26H,3-6,9-12H2,1-2H3,(H,21,22,23)/t14-,15?,16+,17?/m0/s1. The van der Waals surface area contributed by atoms with Gasteiger partial charge in [-0.05, 0) is 49.5 Å². The predicted octanol–water partition coefficient (Wildman–Crippen LogP) is 1.84. The van der Waals surface area contributed by atoms with Crippen molar-refractivity contribution in [2.45, 2.75) is 38.6 Å². The lowest BCUT2D eigenvalue weighted by Gasteiger charge is -2.35. The van der Waals surface area contributed by atoms with Gasteiger partial charge in [0, 0.05) is 39.0 Å². The molecule has 0 radical (unpaired) electrons. The van der Waals surface area contributed by atoms with E-state index in [1.54, 1.807) is 10.6 Å². The van der Waals surface area contributed by atoms with E-state index >= 15 is 0 Å². The van der Waals surface area contributed by atoms with E-state index in [4.69, 9.17) is 0 Å². The molecule has 2 fully saturated rings. The largest absolute Gasteiger partial charge is 0.396 e. The number of aliphatic hydroxyl groups is 1. The minimum atomic E-state index is -3.26. The van der Waals surface area contributed by atoms with E-state index < -0.39 is 10.0 Å². The fraction of sp³-hybridized carbons (Fsp3) is 0.700. The molecule has 1 aliphatic carbocycles. The first kappa shape index (κ1) is 20.6. The Balaban J connectivity index is 1.35. The van der Waals surface area contributed by atoms with Crippen LogP contribution in [0.25, 0.3) is 11.0 Å². The Morgan fingerprint density at radius 2 is 2.00 bits per heavy atom. The SMILES string of the molecule is C[C@H]1CN(S(=O)(=O)CC2CCC(N(C)c3ncnc4[nH]ccc34)CC2)C[C@@H]1CO. The molecule has 0 spiro atoms. The molecule has 0 bridgehead atoms. The van der Waals surface area contributed by atoms with Gasteiger partial charge in [-0.1, -0.05) is 6.92 Å². The van der Waals surface area contributed by atoms with Gasteiger partial charge in [0.1, 0.15) is 17.8 Å². The summed E-state index contributed by atoms with van der Waals surface area (Å²) < 4.78 is 27.3. The number of aromatic nitrogens is 3. The summed E-state index contributed by atoms with van der Waals surface area (Å²) in [6.45, 7) is 3.07. The van der Waals surface area contributed by atoms with Crippen LogP contribution in [0.2, 0.25) is 0 Å². The van der Waals surface area contributed by atoms with Crippen molar-refractivity contribution >= 4 is 26.9 Å². The number of sulfonamides is 1. The van der Waals surface area contributed by atoms with Crippen molar-refractivity contribution in [2.24, 2.45) is 17.8 Å². The van der Waals surface area contributed by atoms with Crippen molar-refractivity contribution in [2.75, 3.05) is 37.4 Å². The van der Waals surface area contributed by atoms with Gasteiger partial charge in [-0.15, -0.1) is 0 Å². The number of aliphatic hydroxyl groups excluding tert-OH is 1. The molecule has 0 amide bonds. The lowest BCUT2D eigenvalue weighted by molar-refractivity contribution is 0.210. The number of H-pyrrole nitrogens is 1. The Hall–Kier alpha value is -1.71. The van der Waals surface area contributed by atoms with E-state index in [-0.39, 0.29) is 30.1 Å². The summed E-state index contributed by atoms with van der Waals surface area (Å²) in [5.41, 5.74) is 0.836. The number of aromatic amines is 1. The number of nitrogens with zero attached hydrogens (tertiary/aromatic N) is 4. The molecule has 1 aliphatic heterocycles. The maximum atomic E-state index is 12.9. The number of hydrogen-bond donors (Lipinski definition) is 2. The Bertz CT molecular complexity index is 938. The summed E-state index contributed by atoms with van der Waals surface area (Å²) in [7, 11) is -1.20. The zero-order valence-electron chi connectivity index (χ0n) is 17.2. The molecule has 9 heteroatoms. The van der Waals surface area contributed by atoms with Gasteiger partial charge in [0.05, 0.1) is 11.1 Å². The normalized spacial score (nSPS) is 28.8. The van der Waals surface area contributed by atoms with Gasteiger partial charge in [-0.3, -0.25) is 0 Å². The van der Waals surface area contributed by atoms with Crippen LogP contribution in [0, 0.1) is 17.8 Å². The molecule has 1 saturated heterocycles. The average Bonchev–Trinajstić information content (AvgIpc) is 3.34. The van der Waals surface area contributed by atoms with Crippen LogP contribution in [0.4, 0.5) is 5.82 Å². The highest BCUT2D eigenvalue weighted by atomic mass is 32.2. The van der Waals surface area contributed by atoms with E-state index in [2.05, 4.69) is 26.9 Å². The summed E-state index contributed by atoms with van der Waals surface area (Å²) in [6.07, 6.45) is 7.19. The summed E-state index contributed by atoms with van der Waals surface area (Å²) in [5.74, 6) is 1.63. The molecule has 3 heterocycles. The van der Waals surface area contributed by atoms with Crippen molar-refractivity contribution in [3.8, 4) is 0 Å². The second kappa shape index (κ2) is 8.20. The van der Waals surface area contributed by atoms with Crippen molar-refractivity contribution < 1.29 is 13.5 Å². The molecule has 0 unspecified atom stereocenters. The predicted molar refractivity (Wildman–Crippen MR) is 113 cm³/mol. The van der Waals surface area contributed by atoms with E-state index in [1.165, 1.54) is 0 Å². The van der Waals surface area contributed by atoms with E-state index in [9.17, 15) is 13.5 Å². The zero-order valence-corrected chi connectivity index (χ0v) is 18.0. The van der Waals surface area contributed by atoms with Crippen LogP contribution in [0.5, 0.6) is 0 Å². The van der Waals surface area contributed by atoms with Crippen molar-refractivity contribution in [1.29, 1.82) is 0 Å². The Morgan fingerprint density at radius 3 is 2.69 bits per heavy atom. The van der Waals surface area contributed by atoms with E-state index in [1.807, 2.05) is 19.2 Å². The fourth-order valence-electron chi connectivity index (χ4n) is 4.87. The maximum Gasteiger partial charge on any atom is 0.214 e. The summed E-state index contributed by atoms with van der Waals surface area (Å²) >= 11 is 0. The Labute approximate surface area is 172 Å². The topological polar surface area (TPSA) is 102 Å². The van der Waals surface area contributed by atoms with Crippen LogP contribution in [-0.2, 0) is 10.0 Å². The Morgan fingerprint density at radius 1 is 1.24 bits per heavy atom. The van der Waals surface area contributed by atoms with Crippen molar-refractivity contribution in [3.05, 3.63) is 18.6 Å². The maximum absolute atomic E-state index is 12.9. The third kappa shape index (κ3) is 4.13. The number of hydrogen-bond acceptors (Lipinski definition) is 6. The minimum absolute atomic E-state index is 0.0576. The van der Waals surface area contributed by atoms with Crippen molar-refractivity contribution in [1.82, 2.24) is 19.3 Å². The summed E-state index contributed by atoms with van der Waals surface area (Å²) in [5, 5.41) is 10.4. The van der Waals surface area contributed by atoms with E-state index in [0.717, 1.165) is 42.5 Å². The molecule has 29 heavy (non-hydrogen) atoms. The van der Waals surface area contributed by atoms with Gasteiger partial charge in [0.15, 0.2) is 0 Å². The highest BCUT2D eigenvalue weighted by Crippen LogP contribution is 2.33. The average molecular weight is 422 g/mol. The lowest BCUT2D eigenvalue weighted by atomic mass is 9.86. The monoisotopic (exact) mass is 421 g/mol. The molecule has 160 valence electrons. The van der Waals surface area contributed by atoms with Crippen LogP contribution in [-0.4, -0.2) is 71.3 Å². The highest BCUT2D eigenvalue weighted by molar-refractivity contribution is 7.89. The fourth-order valence-corrected chi connectivity index (χ4v) is 6.89. The van der Waals surface area contributed by atoms with Crippen molar-refractivity contribution in [3.63, 3.8) is 0 Å². The number of fused-ring (bicyclic) bond motifs is 1. The van der Waals surface area contributed by atoms with Gasteiger partial charge in [0.25, 0.3) is 0 Å². The van der Waals surface area contributed by atoms with Crippen LogP contribution < -0.4 is 4.90 Å². The van der Waals surface area contributed by atoms with Gasteiger partial charge >= 0.3 is 0 Å². The second-order valence-electron chi connectivity index (χ2n) is 8.74. The van der Waals surface area contributed by atoms with Crippen LogP contribution in [0.15, 0.2) is 18.6 Å². The first-order valence-corrected chi connectivity index (χ1v) is 12.1. The molecule has 1 saturated carbocycles. The van der Waals surface area contributed by atoms with Gasteiger partial charge in [-0.2, -0.15) is 0 Å². The Kier molecular flexibility index (Phi) is 5.81. The smallest absolute Gasteiger partial charge is 0.214 e. The molecule has 2 atom stereocenters. The molecule has 2 aromatic rings. The van der Waals surface area contributed by atoms with Gasteiger partial charge in [0.2, 0.25) is 10.0 Å². The number of nitrogens with one attached hydrogen (secondary N) is 1. The summed E-state index contributed by atoms with van der Waals surface area (Å²) in [4.78, 5) is 14.1. The lowest BCUT2D eigenvalue weighted by Crippen LogP contribution is -2.39. The summed E-state index contributed by atoms with van der Waals surface area (Å²) in [6, 6.07) is 2.35. The molecular formula is C20H31N5O3S. The molecule has 2 aliphatic rings. The van der Waals surface area contributed by atoms with Crippen LogP contribution in [0.3, 0.4) is 0 Å².